The Bertz CT molecular complexity index is 350. The van der Waals surface area contributed by atoms with Crippen LogP contribution in [0, 0.1) is 5.82 Å². The van der Waals surface area contributed by atoms with Gasteiger partial charge in [0, 0.05) is 24.0 Å². The van der Waals surface area contributed by atoms with Crippen LogP contribution in [0.2, 0.25) is 0 Å². The van der Waals surface area contributed by atoms with Crippen molar-refractivity contribution in [3.05, 3.63) is 34.1 Å². The van der Waals surface area contributed by atoms with Crippen molar-refractivity contribution < 1.29 is 9.18 Å². The predicted molar refractivity (Wildman–Crippen MR) is 59.7 cm³/mol. The fourth-order valence-corrected chi connectivity index (χ4v) is 1.64. The molecule has 1 amide bonds. The molecule has 1 atom stereocenters. The zero-order chi connectivity index (χ0) is 11.4. The summed E-state index contributed by atoms with van der Waals surface area (Å²) in [5, 5.41) is 2.58. The SMILES string of the molecule is CC(=O)NC[C@@H](N)c1cc(F)cc(Br)c1. The Kier molecular flexibility index (Phi) is 4.23. The molecule has 0 aliphatic heterocycles. The largest absolute Gasteiger partial charge is 0.354 e. The number of nitrogens with two attached hydrogens (primary N) is 1. The molecule has 0 saturated heterocycles. The van der Waals surface area contributed by atoms with E-state index in [2.05, 4.69) is 21.2 Å². The first-order chi connectivity index (χ1) is 6.99. The van der Waals surface area contributed by atoms with Crippen LogP contribution in [0.4, 0.5) is 4.39 Å². The average molecular weight is 275 g/mol. The number of benzene rings is 1. The van der Waals surface area contributed by atoms with Gasteiger partial charge in [0.25, 0.3) is 0 Å². The fourth-order valence-electron chi connectivity index (χ4n) is 1.16. The van der Waals surface area contributed by atoms with Crippen LogP contribution in [0.15, 0.2) is 22.7 Å². The van der Waals surface area contributed by atoms with Crippen LogP contribution in [0.5, 0.6) is 0 Å². The number of hydrogen-bond acceptors (Lipinski definition) is 2. The highest BCUT2D eigenvalue weighted by atomic mass is 79.9. The Hall–Kier alpha value is -0.940. The smallest absolute Gasteiger partial charge is 0.216 e. The van der Waals surface area contributed by atoms with Crippen molar-refractivity contribution in [2.45, 2.75) is 13.0 Å². The van der Waals surface area contributed by atoms with Crippen molar-refractivity contribution >= 4 is 21.8 Å². The summed E-state index contributed by atoms with van der Waals surface area (Å²) in [7, 11) is 0. The lowest BCUT2D eigenvalue weighted by Crippen LogP contribution is -2.30. The molecular weight excluding hydrogens is 263 g/mol. The summed E-state index contributed by atoms with van der Waals surface area (Å²) in [4.78, 5) is 10.7. The lowest BCUT2D eigenvalue weighted by Gasteiger charge is -2.12. The van der Waals surface area contributed by atoms with Crippen molar-refractivity contribution in [1.29, 1.82) is 0 Å². The molecule has 0 aromatic heterocycles. The van der Waals surface area contributed by atoms with E-state index in [1.165, 1.54) is 19.1 Å². The first-order valence-corrected chi connectivity index (χ1v) is 5.24. The molecule has 0 aliphatic carbocycles. The molecule has 0 spiro atoms. The first kappa shape index (κ1) is 12.1. The molecule has 5 heteroatoms. The monoisotopic (exact) mass is 274 g/mol. The standard InChI is InChI=1S/C10H12BrFN2O/c1-6(15)14-5-10(13)7-2-8(11)4-9(12)3-7/h2-4,10H,5,13H2,1H3,(H,14,15)/t10-/m1/s1. The molecule has 1 rings (SSSR count). The van der Waals surface area contributed by atoms with Crippen LogP contribution in [-0.2, 0) is 4.79 Å². The summed E-state index contributed by atoms with van der Waals surface area (Å²) >= 11 is 3.18. The third-order valence-corrected chi connectivity index (χ3v) is 2.34. The maximum Gasteiger partial charge on any atom is 0.216 e. The zero-order valence-corrected chi connectivity index (χ0v) is 9.84. The van der Waals surface area contributed by atoms with Gasteiger partial charge < -0.3 is 11.1 Å². The third-order valence-electron chi connectivity index (χ3n) is 1.88. The van der Waals surface area contributed by atoms with Gasteiger partial charge in [-0.25, -0.2) is 4.39 Å². The minimum absolute atomic E-state index is 0.152. The van der Waals surface area contributed by atoms with Gasteiger partial charge in [-0.2, -0.15) is 0 Å². The number of carbonyl (C=O) groups excluding carboxylic acids is 1. The van der Waals surface area contributed by atoms with Gasteiger partial charge in [-0.1, -0.05) is 15.9 Å². The molecular formula is C10H12BrFN2O. The van der Waals surface area contributed by atoms with Crippen LogP contribution < -0.4 is 11.1 Å². The van der Waals surface area contributed by atoms with Gasteiger partial charge in [-0.05, 0) is 23.8 Å². The van der Waals surface area contributed by atoms with E-state index in [9.17, 15) is 9.18 Å². The van der Waals surface area contributed by atoms with Crippen LogP contribution in [0.3, 0.4) is 0 Å². The maximum absolute atomic E-state index is 13.0. The van der Waals surface area contributed by atoms with Gasteiger partial charge in [-0.15, -0.1) is 0 Å². The second-order valence-corrected chi connectivity index (χ2v) is 4.16. The number of rotatable bonds is 3. The molecule has 0 heterocycles. The molecule has 3 N–H and O–H groups in total. The maximum atomic E-state index is 13.0. The molecule has 0 unspecified atom stereocenters. The molecule has 0 bridgehead atoms. The highest BCUT2D eigenvalue weighted by Crippen LogP contribution is 2.18. The van der Waals surface area contributed by atoms with E-state index >= 15 is 0 Å². The highest BCUT2D eigenvalue weighted by molar-refractivity contribution is 9.10. The quantitative estimate of drug-likeness (QED) is 0.882. The Morgan fingerprint density at radius 2 is 2.27 bits per heavy atom. The molecule has 1 aromatic carbocycles. The predicted octanol–water partition coefficient (Wildman–Crippen LogP) is 1.72. The van der Waals surface area contributed by atoms with Gasteiger partial charge in [0.05, 0.1) is 0 Å². The molecule has 0 radical (unpaired) electrons. The van der Waals surface area contributed by atoms with Crippen LogP contribution in [-0.4, -0.2) is 12.5 Å². The third kappa shape index (κ3) is 3.97. The molecule has 15 heavy (non-hydrogen) atoms. The fraction of sp³-hybridized carbons (Fsp3) is 0.300. The Labute approximate surface area is 96.0 Å². The summed E-state index contributed by atoms with van der Waals surface area (Å²) in [6.45, 7) is 1.71. The van der Waals surface area contributed by atoms with Gasteiger partial charge in [0.1, 0.15) is 5.82 Å². The first-order valence-electron chi connectivity index (χ1n) is 4.45. The topological polar surface area (TPSA) is 55.1 Å². The van der Waals surface area contributed by atoms with Crippen LogP contribution >= 0.6 is 15.9 Å². The normalized spacial score (nSPS) is 12.3. The Morgan fingerprint density at radius 1 is 1.60 bits per heavy atom. The second-order valence-electron chi connectivity index (χ2n) is 3.25. The summed E-state index contributed by atoms with van der Waals surface area (Å²) in [6, 6.07) is 4.04. The number of nitrogens with one attached hydrogen (secondary N) is 1. The Balaban J connectivity index is 2.72. The lowest BCUT2D eigenvalue weighted by atomic mass is 10.1. The minimum atomic E-state index is -0.402. The van der Waals surface area contributed by atoms with E-state index in [4.69, 9.17) is 5.73 Å². The number of hydrogen-bond donors (Lipinski definition) is 2. The van der Waals surface area contributed by atoms with Gasteiger partial charge in [0.15, 0.2) is 0 Å². The summed E-state index contributed by atoms with van der Waals surface area (Å²) in [5.74, 6) is -0.501. The van der Waals surface area contributed by atoms with E-state index in [1.54, 1.807) is 6.07 Å². The van der Waals surface area contributed by atoms with Crippen molar-refractivity contribution in [2.24, 2.45) is 5.73 Å². The molecule has 1 aromatic rings. The second kappa shape index (κ2) is 5.23. The van der Waals surface area contributed by atoms with E-state index in [0.717, 1.165) is 0 Å². The van der Waals surface area contributed by atoms with Gasteiger partial charge in [-0.3, -0.25) is 4.79 Å². The van der Waals surface area contributed by atoms with Gasteiger partial charge >= 0.3 is 0 Å². The highest BCUT2D eigenvalue weighted by Gasteiger charge is 2.08. The van der Waals surface area contributed by atoms with Crippen molar-refractivity contribution in [1.82, 2.24) is 5.32 Å². The molecule has 0 saturated carbocycles. The molecule has 3 nitrogen and oxygen atoms in total. The van der Waals surface area contributed by atoms with E-state index in [1.807, 2.05) is 0 Å². The van der Waals surface area contributed by atoms with Crippen molar-refractivity contribution in [3.8, 4) is 0 Å². The minimum Gasteiger partial charge on any atom is -0.354 e. The summed E-state index contributed by atoms with van der Waals surface area (Å²) in [6.07, 6.45) is 0. The van der Waals surface area contributed by atoms with E-state index in [-0.39, 0.29) is 11.7 Å². The lowest BCUT2D eigenvalue weighted by molar-refractivity contribution is -0.119. The van der Waals surface area contributed by atoms with E-state index < -0.39 is 6.04 Å². The molecule has 0 aliphatic rings. The summed E-state index contributed by atoms with van der Waals surface area (Å²) < 4.78 is 13.6. The number of halogens is 2. The van der Waals surface area contributed by atoms with Crippen molar-refractivity contribution in [2.75, 3.05) is 6.54 Å². The molecule has 82 valence electrons. The van der Waals surface area contributed by atoms with Crippen LogP contribution in [0.1, 0.15) is 18.5 Å². The van der Waals surface area contributed by atoms with Gasteiger partial charge in [0.2, 0.25) is 5.91 Å². The summed E-state index contributed by atoms with van der Waals surface area (Å²) in [5.41, 5.74) is 6.43. The van der Waals surface area contributed by atoms with Crippen molar-refractivity contribution in [3.63, 3.8) is 0 Å². The van der Waals surface area contributed by atoms with Crippen LogP contribution in [0.25, 0.3) is 0 Å². The zero-order valence-electron chi connectivity index (χ0n) is 8.26. The molecule has 0 fully saturated rings. The number of amides is 1. The average Bonchev–Trinajstić information content (AvgIpc) is 2.12. The number of carbonyl (C=O) groups is 1. The van der Waals surface area contributed by atoms with E-state index in [0.29, 0.717) is 16.6 Å². The Morgan fingerprint density at radius 3 is 2.80 bits per heavy atom.